The third-order valence-electron chi connectivity index (χ3n) is 5.30. The van der Waals surface area contributed by atoms with Gasteiger partial charge in [-0.3, -0.25) is 9.78 Å². The molecule has 4 aromatic rings. The Bertz CT molecular complexity index is 1360. The van der Waals surface area contributed by atoms with E-state index >= 15 is 0 Å². The molecule has 0 bridgehead atoms. The monoisotopic (exact) mass is 467 g/mol. The van der Waals surface area contributed by atoms with Gasteiger partial charge in [0.05, 0.1) is 29.3 Å². The lowest BCUT2D eigenvalue weighted by molar-refractivity contribution is 0.122. The molecule has 1 fully saturated rings. The van der Waals surface area contributed by atoms with E-state index in [2.05, 4.69) is 24.8 Å². The van der Waals surface area contributed by atoms with Crippen molar-refractivity contribution in [2.24, 2.45) is 0 Å². The largest absolute Gasteiger partial charge is 0.486 e. The summed E-state index contributed by atoms with van der Waals surface area (Å²) in [5.41, 5.74) is 1.42. The molecule has 5 rings (SSSR count). The molecule has 0 amide bonds. The van der Waals surface area contributed by atoms with E-state index in [1.807, 2.05) is 12.1 Å². The van der Waals surface area contributed by atoms with Gasteiger partial charge in [0.25, 0.3) is 5.56 Å². The van der Waals surface area contributed by atoms with Crippen LogP contribution in [0, 0.1) is 5.82 Å². The van der Waals surface area contributed by atoms with Crippen LogP contribution in [0.15, 0.2) is 53.6 Å². The number of ether oxygens (including phenoxy) is 2. The molecule has 3 aromatic heterocycles. The molecule has 0 atom stereocenters. The van der Waals surface area contributed by atoms with E-state index in [4.69, 9.17) is 21.1 Å². The summed E-state index contributed by atoms with van der Waals surface area (Å²) in [7, 11) is 0. The van der Waals surface area contributed by atoms with Crippen LogP contribution < -0.4 is 15.2 Å². The highest BCUT2D eigenvalue weighted by Gasteiger charge is 2.15. The molecule has 1 aliphatic heterocycles. The molecular formula is C23H19ClFN5O3. The van der Waals surface area contributed by atoms with Crippen LogP contribution in [0.2, 0.25) is 5.02 Å². The lowest BCUT2D eigenvalue weighted by Crippen LogP contribution is -2.36. The summed E-state index contributed by atoms with van der Waals surface area (Å²) < 4.78 is 24.4. The molecule has 0 spiro atoms. The molecule has 4 heterocycles. The number of aromatic amines is 1. The average molecular weight is 468 g/mol. The van der Waals surface area contributed by atoms with Crippen LogP contribution in [-0.4, -0.2) is 46.2 Å². The average Bonchev–Trinajstić information content (AvgIpc) is 2.85. The maximum atomic E-state index is 13.4. The van der Waals surface area contributed by atoms with Gasteiger partial charge in [-0.2, -0.15) is 0 Å². The number of H-pyrrole nitrogens is 1. The highest BCUT2D eigenvalue weighted by Crippen LogP contribution is 2.25. The number of hydrogen-bond acceptors (Lipinski definition) is 7. The molecule has 1 saturated heterocycles. The number of nitrogens with zero attached hydrogens (tertiary/aromatic N) is 4. The minimum Gasteiger partial charge on any atom is -0.486 e. The fourth-order valence-corrected chi connectivity index (χ4v) is 3.79. The number of aromatic nitrogens is 4. The van der Waals surface area contributed by atoms with Crippen LogP contribution in [0.25, 0.3) is 22.2 Å². The number of halogens is 2. The number of anilines is 1. The molecule has 0 saturated carbocycles. The number of fused-ring (bicyclic) bond motifs is 1. The van der Waals surface area contributed by atoms with Crippen molar-refractivity contribution in [3.63, 3.8) is 0 Å². The van der Waals surface area contributed by atoms with Crippen LogP contribution in [-0.2, 0) is 11.3 Å². The van der Waals surface area contributed by atoms with Crippen molar-refractivity contribution in [3.05, 3.63) is 75.8 Å². The van der Waals surface area contributed by atoms with Crippen molar-refractivity contribution in [1.82, 2.24) is 19.9 Å². The molecule has 1 aromatic carbocycles. The first-order chi connectivity index (χ1) is 16.1. The number of nitrogens with one attached hydrogen (secondary N) is 1. The summed E-state index contributed by atoms with van der Waals surface area (Å²) in [6.45, 7) is 2.90. The Balaban J connectivity index is 1.45. The van der Waals surface area contributed by atoms with Crippen LogP contribution in [0.3, 0.4) is 0 Å². The smallest absolute Gasteiger partial charge is 0.258 e. The second kappa shape index (κ2) is 9.13. The molecule has 0 unspecified atom stereocenters. The van der Waals surface area contributed by atoms with Crippen molar-refractivity contribution in [3.8, 4) is 17.0 Å². The molecule has 8 nitrogen and oxygen atoms in total. The lowest BCUT2D eigenvalue weighted by Gasteiger charge is -2.27. The van der Waals surface area contributed by atoms with Gasteiger partial charge in [-0.05, 0) is 30.3 Å². The Labute approximate surface area is 193 Å². The van der Waals surface area contributed by atoms with E-state index in [9.17, 15) is 9.18 Å². The molecule has 1 N–H and O–H groups in total. The third-order valence-corrected chi connectivity index (χ3v) is 5.59. The van der Waals surface area contributed by atoms with Crippen molar-refractivity contribution < 1.29 is 13.9 Å². The highest BCUT2D eigenvalue weighted by atomic mass is 35.5. The first-order valence-electron chi connectivity index (χ1n) is 10.3. The Hall–Kier alpha value is -3.56. The molecular weight excluding hydrogens is 449 g/mol. The molecule has 10 heteroatoms. The number of morpholine rings is 1. The predicted octanol–water partition coefficient (Wildman–Crippen LogP) is 3.59. The van der Waals surface area contributed by atoms with Gasteiger partial charge in [-0.25, -0.2) is 14.4 Å². The van der Waals surface area contributed by atoms with E-state index in [-0.39, 0.29) is 17.2 Å². The SMILES string of the molecule is O=c1[nH]c(COc2ccc(F)c(Cl)c2)nc2c(-c3ccc(N4CCOCC4)nc3)nccc12. The zero-order chi connectivity index (χ0) is 22.8. The quantitative estimate of drug-likeness (QED) is 0.479. The lowest BCUT2D eigenvalue weighted by atomic mass is 10.1. The first-order valence-corrected chi connectivity index (χ1v) is 10.7. The van der Waals surface area contributed by atoms with E-state index < -0.39 is 5.82 Å². The van der Waals surface area contributed by atoms with Crippen LogP contribution in [0.4, 0.5) is 10.2 Å². The topological polar surface area (TPSA) is 93.2 Å². The Morgan fingerprint density at radius 2 is 2.00 bits per heavy atom. The summed E-state index contributed by atoms with van der Waals surface area (Å²) in [6.07, 6.45) is 3.30. The fourth-order valence-electron chi connectivity index (χ4n) is 3.62. The maximum Gasteiger partial charge on any atom is 0.258 e. The summed E-state index contributed by atoms with van der Waals surface area (Å²) >= 11 is 5.80. The van der Waals surface area contributed by atoms with Crippen molar-refractivity contribution in [1.29, 1.82) is 0 Å². The maximum absolute atomic E-state index is 13.4. The summed E-state index contributed by atoms with van der Waals surface area (Å²) in [6, 6.07) is 9.49. The third kappa shape index (κ3) is 4.50. The molecule has 33 heavy (non-hydrogen) atoms. The fraction of sp³-hybridized carbons (Fsp3) is 0.217. The second-order valence-electron chi connectivity index (χ2n) is 7.44. The molecule has 1 aliphatic rings. The van der Waals surface area contributed by atoms with Crippen molar-refractivity contribution in [2.75, 3.05) is 31.2 Å². The second-order valence-corrected chi connectivity index (χ2v) is 7.84. The summed E-state index contributed by atoms with van der Waals surface area (Å²) in [5.74, 6) is 0.990. The molecule has 0 radical (unpaired) electrons. The van der Waals surface area contributed by atoms with Crippen LogP contribution >= 0.6 is 11.6 Å². The van der Waals surface area contributed by atoms with Crippen LogP contribution in [0.1, 0.15) is 5.82 Å². The summed E-state index contributed by atoms with van der Waals surface area (Å²) in [4.78, 5) is 31.1. The van der Waals surface area contributed by atoms with E-state index in [0.717, 1.165) is 24.5 Å². The van der Waals surface area contributed by atoms with Crippen molar-refractivity contribution in [2.45, 2.75) is 6.61 Å². The van der Waals surface area contributed by atoms with Crippen LogP contribution in [0.5, 0.6) is 5.75 Å². The first kappa shape index (κ1) is 21.3. The van der Waals surface area contributed by atoms with Gasteiger partial charge >= 0.3 is 0 Å². The summed E-state index contributed by atoms with van der Waals surface area (Å²) in [5, 5.41) is 0.359. The van der Waals surface area contributed by atoms with E-state index in [0.29, 0.717) is 41.4 Å². The number of pyridine rings is 2. The predicted molar refractivity (Wildman–Crippen MR) is 122 cm³/mol. The molecule has 0 aliphatic carbocycles. The number of rotatable bonds is 5. The highest BCUT2D eigenvalue weighted by molar-refractivity contribution is 6.30. The Morgan fingerprint density at radius 1 is 1.15 bits per heavy atom. The van der Waals surface area contributed by atoms with Gasteiger partial charge in [-0.15, -0.1) is 0 Å². The normalized spacial score (nSPS) is 13.9. The number of benzene rings is 1. The van der Waals surface area contributed by atoms with E-state index in [1.54, 1.807) is 18.5 Å². The Morgan fingerprint density at radius 3 is 2.76 bits per heavy atom. The van der Waals surface area contributed by atoms with E-state index in [1.165, 1.54) is 18.2 Å². The van der Waals surface area contributed by atoms with Gasteiger partial charge in [0.1, 0.15) is 35.3 Å². The van der Waals surface area contributed by atoms with Gasteiger partial charge in [0.15, 0.2) is 0 Å². The van der Waals surface area contributed by atoms with Gasteiger partial charge in [-0.1, -0.05) is 11.6 Å². The molecule has 168 valence electrons. The Kier molecular flexibility index (Phi) is 5.89. The minimum atomic E-state index is -0.537. The number of hydrogen-bond donors (Lipinski definition) is 1. The zero-order valence-electron chi connectivity index (χ0n) is 17.4. The van der Waals surface area contributed by atoms with Gasteiger partial charge < -0.3 is 19.4 Å². The van der Waals surface area contributed by atoms with Crippen molar-refractivity contribution >= 4 is 28.3 Å². The van der Waals surface area contributed by atoms with Gasteiger partial charge in [0.2, 0.25) is 0 Å². The zero-order valence-corrected chi connectivity index (χ0v) is 18.2. The standard InChI is InChI=1S/C23H19ClFN5O3/c24-17-11-15(2-3-18(17)25)33-13-19-28-22-16(23(31)29-19)5-6-26-21(22)14-1-4-20(27-12-14)30-7-9-32-10-8-30/h1-6,11-12H,7-10,13H2,(H,28,29,31). The minimum absolute atomic E-state index is 0.0320. The van der Waals surface area contributed by atoms with Gasteiger partial charge in [0, 0.05) is 37.1 Å².